The van der Waals surface area contributed by atoms with Gasteiger partial charge in [-0.15, -0.1) is 0 Å². The van der Waals surface area contributed by atoms with Gasteiger partial charge in [-0.05, 0) is 23.1 Å². The number of aromatic nitrogens is 3. The molecule has 0 aliphatic heterocycles. The van der Waals surface area contributed by atoms with E-state index >= 15 is 0 Å². The van der Waals surface area contributed by atoms with Crippen molar-refractivity contribution in [2.24, 2.45) is 0 Å². The molecular weight excluding hydrogens is 234 g/mol. The predicted octanol–water partition coefficient (Wildman–Crippen LogP) is 3.35. The number of fused-ring (bicyclic) bond motifs is 1. The summed E-state index contributed by atoms with van der Waals surface area (Å²) >= 11 is 5.88. The first-order valence-corrected chi connectivity index (χ1v) is 5.51. The molecule has 1 aromatic carbocycles. The molecule has 0 amide bonds. The van der Waals surface area contributed by atoms with Crippen molar-refractivity contribution in [3.63, 3.8) is 0 Å². The lowest BCUT2D eigenvalue weighted by molar-refractivity contribution is 1.17. The molecule has 2 heterocycles. The number of benzene rings is 1. The van der Waals surface area contributed by atoms with Crippen LogP contribution in [0.1, 0.15) is 0 Å². The zero-order valence-corrected chi connectivity index (χ0v) is 9.59. The second-order valence-corrected chi connectivity index (χ2v) is 4.08. The Hall–Kier alpha value is -2.00. The van der Waals surface area contributed by atoms with Crippen molar-refractivity contribution in [3.8, 4) is 11.1 Å². The summed E-state index contributed by atoms with van der Waals surface area (Å²) in [4.78, 5) is 12.1. The van der Waals surface area contributed by atoms with Crippen LogP contribution in [-0.4, -0.2) is 15.0 Å². The third kappa shape index (κ3) is 1.97. The number of hydrogen-bond donors (Lipinski definition) is 0. The fraction of sp³-hybridized carbons (Fsp3) is 0. The topological polar surface area (TPSA) is 38.7 Å². The Balaban J connectivity index is 2.19. The van der Waals surface area contributed by atoms with E-state index < -0.39 is 0 Å². The number of halogens is 1. The summed E-state index contributed by atoms with van der Waals surface area (Å²) in [5, 5.41) is 2.63. The predicted molar refractivity (Wildman–Crippen MR) is 67.8 cm³/mol. The minimum absolute atomic E-state index is 0.499. The second-order valence-electron chi connectivity index (χ2n) is 3.70. The minimum atomic E-state index is 0.499. The standard InChI is InChI=1S/C13H8ClN3/c14-13-4-11-3-9(1-2-10(11)7-17-13)12-5-15-8-16-6-12/h1-8H. The number of nitrogens with zero attached hydrogens (tertiary/aromatic N) is 3. The summed E-state index contributed by atoms with van der Waals surface area (Å²) in [5.41, 5.74) is 2.06. The first-order valence-electron chi connectivity index (χ1n) is 5.13. The van der Waals surface area contributed by atoms with Crippen LogP contribution in [0.3, 0.4) is 0 Å². The zero-order valence-electron chi connectivity index (χ0n) is 8.84. The Bertz CT molecular complexity index is 668. The summed E-state index contributed by atoms with van der Waals surface area (Å²) in [6.07, 6.45) is 6.86. The van der Waals surface area contributed by atoms with Crippen LogP contribution in [0.2, 0.25) is 5.15 Å². The second kappa shape index (κ2) is 4.11. The molecule has 0 aliphatic carbocycles. The Morgan fingerprint density at radius 3 is 2.47 bits per heavy atom. The van der Waals surface area contributed by atoms with Gasteiger partial charge in [0.1, 0.15) is 11.5 Å². The lowest BCUT2D eigenvalue weighted by Crippen LogP contribution is -1.83. The molecule has 82 valence electrons. The van der Waals surface area contributed by atoms with Crippen LogP contribution in [0.15, 0.2) is 49.2 Å². The maximum absolute atomic E-state index is 5.88. The highest BCUT2D eigenvalue weighted by atomic mass is 35.5. The Labute approximate surface area is 103 Å². The van der Waals surface area contributed by atoms with Crippen LogP contribution in [-0.2, 0) is 0 Å². The van der Waals surface area contributed by atoms with Crippen LogP contribution in [0, 0.1) is 0 Å². The van der Waals surface area contributed by atoms with Crippen LogP contribution >= 0.6 is 11.6 Å². The number of hydrogen-bond acceptors (Lipinski definition) is 3. The molecule has 0 atom stereocenters. The minimum Gasteiger partial charge on any atom is -0.244 e. The van der Waals surface area contributed by atoms with E-state index in [9.17, 15) is 0 Å². The quantitative estimate of drug-likeness (QED) is 0.614. The van der Waals surface area contributed by atoms with Crippen molar-refractivity contribution >= 4 is 22.4 Å². The highest BCUT2D eigenvalue weighted by Gasteiger charge is 2.01. The van der Waals surface area contributed by atoms with Gasteiger partial charge in [0.25, 0.3) is 0 Å². The highest BCUT2D eigenvalue weighted by Crippen LogP contribution is 2.24. The largest absolute Gasteiger partial charge is 0.244 e. The van der Waals surface area contributed by atoms with Gasteiger partial charge in [0, 0.05) is 29.5 Å². The Kier molecular flexibility index (Phi) is 2.46. The number of pyridine rings is 1. The van der Waals surface area contributed by atoms with Crippen molar-refractivity contribution in [1.29, 1.82) is 0 Å². The van der Waals surface area contributed by atoms with E-state index in [1.165, 1.54) is 6.33 Å². The molecule has 2 aromatic heterocycles. The van der Waals surface area contributed by atoms with Crippen LogP contribution in [0.5, 0.6) is 0 Å². The molecule has 0 saturated heterocycles. The van der Waals surface area contributed by atoms with Crippen molar-refractivity contribution in [2.45, 2.75) is 0 Å². The molecule has 3 aromatic rings. The fourth-order valence-electron chi connectivity index (χ4n) is 1.74. The average molecular weight is 242 g/mol. The molecule has 3 rings (SSSR count). The zero-order chi connectivity index (χ0) is 11.7. The van der Waals surface area contributed by atoms with Gasteiger partial charge in [0.2, 0.25) is 0 Å². The molecule has 0 radical (unpaired) electrons. The molecule has 0 aliphatic rings. The van der Waals surface area contributed by atoms with Gasteiger partial charge in [-0.2, -0.15) is 0 Å². The molecule has 4 heteroatoms. The average Bonchev–Trinajstić information content (AvgIpc) is 2.39. The van der Waals surface area contributed by atoms with Crippen LogP contribution in [0.25, 0.3) is 21.9 Å². The molecule has 0 saturated carbocycles. The SMILES string of the molecule is Clc1cc2cc(-c3cncnc3)ccc2cn1. The van der Waals surface area contributed by atoms with E-state index in [2.05, 4.69) is 21.0 Å². The number of rotatable bonds is 1. The Morgan fingerprint density at radius 1 is 0.824 bits per heavy atom. The van der Waals surface area contributed by atoms with Gasteiger partial charge in [-0.1, -0.05) is 23.7 Å². The van der Waals surface area contributed by atoms with Gasteiger partial charge >= 0.3 is 0 Å². The van der Waals surface area contributed by atoms with E-state index in [-0.39, 0.29) is 0 Å². The first-order chi connectivity index (χ1) is 8.33. The Morgan fingerprint density at radius 2 is 1.65 bits per heavy atom. The molecule has 0 unspecified atom stereocenters. The van der Waals surface area contributed by atoms with Crippen molar-refractivity contribution in [3.05, 3.63) is 54.3 Å². The van der Waals surface area contributed by atoms with E-state index in [0.29, 0.717) is 5.15 Å². The van der Waals surface area contributed by atoms with Crippen LogP contribution in [0.4, 0.5) is 0 Å². The van der Waals surface area contributed by atoms with E-state index in [1.807, 2.05) is 18.2 Å². The summed E-state index contributed by atoms with van der Waals surface area (Å²) < 4.78 is 0. The smallest absolute Gasteiger partial charge is 0.129 e. The molecular formula is C13H8ClN3. The van der Waals surface area contributed by atoms with Gasteiger partial charge in [0.15, 0.2) is 0 Å². The highest BCUT2D eigenvalue weighted by molar-refractivity contribution is 6.30. The van der Waals surface area contributed by atoms with Gasteiger partial charge in [0.05, 0.1) is 0 Å². The lowest BCUT2D eigenvalue weighted by Gasteiger charge is -2.03. The van der Waals surface area contributed by atoms with Crippen molar-refractivity contribution in [2.75, 3.05) is 0 Å². The van der Waals surface area contributed by atoms with E-state index in [4.69, 9.17) is 11.6 Å². The van der Waals surface area contributed by atoms with Gasteiger partial charge in [-0.3, -0.25) is 0 Å². The third-order valence-corrected chi connectivity index (χ3v) is 2.79. The summed E-state index contributed by atoms with van der Waals surface area (Å²) in [7, 11) is 0. The molecule has 0 spiro atoms. The normalized spacial score (nSPS) is 10.6. The van der Waals surface area contributed by atoms with E-state index in [1.54, 1.807) is 18.6 Å². The molecule has 17 heavy (non-hydrogen) atoms. The fourth-order valence-corrected chi connectivity index (χ4v) is 1.91. The summed E-state index contributed by atoms with van der Waals surface area (Å²) in [5.74, 6) is 0. The maximum atomic E-state index is 5.88. The third-order valence-electron chi connectivity index (χ3n) is 2.58. The van der Waals surface area contributed by atoms with E-state index in [0.717, 1.165) is 21.9 Å². The lowest BCUT2D eigenvalue weighted by atomic mass is 10.1. The van der Waals surface area contributed by atoms with Gasteiger partial charge < -0.3 is 0 Å². The molecule has 0 N–H and O–H groups in total. The van der Waals surface area contributed by atoms with Gasteiger partial charge in [-0.25, -0.2) is 15.0 Å². The van der Waals surface area contributed by atoms with Crippen LogP contribution < -0.4 is 0 Å². The molecule has 0 fully saturated rings. The molecule has 0 bridgehead atoms. The van der Waals surface area contributed by atoms with Crippen molar-refractivity contribution in [1.82, 2.24) is 15.0 Å². The first kappa shape index (κ1) is 10.2. The maximum Gasteiger partial charge on any atom is 0.129 e. The summed E-state index contributed by atoms with van der Waals surface area (Å²) in [6, 6.07) is 7.95. The van der Waals surface area contributed by atoms with Crippen molar-refractivity contribution < 1.29 is 0 Å². The molecule has 3 nitrogen and oxygen atoms in total. The monoisotopic (exact) mass is 241 g/mol. The summed E-state index contributed by atoms with van der Waals surface area (Å²) in [6.45, 7) is 0.